The second-order valence-corrected chi connectivity index (χ2v) is 2.83. The van der Waals surface area contributed by atoms with Gasteiger partial charge in [0.25, 0.3) is 0 Å². The molecule has 1 aliphatic heterocycles. The van der Waals surface area contributed by atoms with Gasteiger partial charge in [-0.05, 0) is 24.3 Å². The number of nitrogens with one attached hydrogen (secondary N) is 1. The molecule has 0 spiro atoms. The fourth-order valence-electron chi connectivity index (χ4n) is 1.06. The lowest BCUT2D eigenvalue weighted by atomic mass is 10.4. The highest BCUT2D eigenvalue weighted by atomic mass is 16.6. The molecule has 5 nitrogen and oxygen atoms in total. The standard InChI is InChI=1S/C7H5N3.C4H5NO/c1-2-6-7(9-3-1)10-5-4-8-6;1-2-4-6-5-3-1/h1-5H;1-5H. The number of hydrogen-bond acceptors (Lipinski definition) is 5. The van der Waals surface area contributed by atoms with Crippen LogP contribution in [0.15, 0.2) is 55.3 Å². The Kier molecular flexibility index (Phi) is 3.44. The molecule has 0 atom stereocenters. The van der Waals surface area contributed by atoms with Gasteiger partial charge in [0.15, 0.2) is 5.65 Å². The first-order valence-electron chi connectivity index (χ1n) is 4.71. The molecule has 5 heteroatoms. The van der Waals surface area contributed by atoms with Gasteiger partial charge in [0, 0.05) is 24.8 Å². The van der Waals surface area contributed by atoms with Crippen LogP contribution in [0, 0.1) is 0 Å². The topological polar surface area (TPSA) is 59.9 Å². The lowest BCUT2D eigenvalue weighted by Crippen LogP contribution is -2.01. The van der Waals surface area contributed by atoms with Gasteiger partial charge in [-0.1, -0.05) is 0 Å². The Labute approximate surface area is 92.5 Å². The predicted molar refractivity (Wildman–Crippen MR) is 59.8 cm³/mol. The molecule has 0 saturated carbocycles. The minimum atomic E-state index is 0.699. The third kappa shape index (κ3) is 2.78. The number of hydrogen-bond donors (Lipinski definition) is 1. The van der Waals surface area contributed by atoms with E-state index in [2.05, 4.69) is 25.3 Å². The number of hydroxylamine groups is 1. The van der Waals surface area contributed by atoms with E-state index in [4.69, 9.17) is 0 Å². The maximum absolute atomic E-state index is 4.55. The lowest BCUT2D eigenvalue weighted by molar-refractivity contribution is 0.172. The predicted octanol–water partition coefficient (Wildman–Crippen LogP) is 1.57. The van der Waals surface area contributed by atoms with Gasteiger partial charge in [-0.2, -0.15) is 0 Å². The summed E-state index contributed by atoms with van der Waals surface area (Å²) in [4.78, 5) is 16.6. The third-order valence-corrected chi connectivity index (χ3v) is 1.73. The minimum absolute atomic E-state index is 0.699. The van der Waals surface area contributed by atoms with E-state index in [9.17, 15) is 0 Å². The lowest BCUT2D eigenvalue weighted by Gasteiger charge is -1.97. The first-order valence-corrected chi connectivity index (χ1v) is 4.71. The van der Waals surface area contributed by atoms with E-state index in [0.717, 1.165) is 5.52 Å². The summed E-state index contributed by atoms with van der Waals surface area (Å²) in [7, 11) is 0. The number of rotatable bonds is 0. The molecule has 1 aliphatic rings. The molecule has 0 saturated heterocycles. The van der Waals surface area contributed by atoms with Crippen molar-refractivity contribution in [3.05, 3.63) is 55.3 Å². The molecule has 0 radical (unpaired) electrons. The maximum atomic E-state index is 4.55. The molecule has 80 valence electrons. The second-order valence-electron chi connectivity index (χ2n) is 2.83. The zero-order valence-corrected chi connectivity index (χ0v) is 8.45. The Balaban J connectivity index is 0.000000138. The van der Waals surface area contributed by atoms with Gasteiger partial charge in [0.1, 0.15) is 11.8 Å². The largest absolute Gasteiger partial charge is 0.391 e. The average molecular weight is 214 g/mol. The number of fused-ring (bicyclic) bond motifs is 1. The molecular weight excluding hydrogens is 204 g/mol. The highest BCUT2D eigenvalue weighted by molar-refractivity contribution is 5.67. The van der Waals surface area contributed by atoms with Crippen LogP contribution >= 0.6 is 0 Å². The van der Waals surface area contributed by atoms with Crippen LogP contribution < -0.4 is 5.48 Å². The molecule has 0 aromatic carbocycles. The average Bonchev–Trinajstić information content (AvgIpc) is 2.42. The van der Waals surface area contributed by atoms with Crippen molar-refractivity contribution in [1.82, 2.24) is 20.4 Å². The quantitative estimate of drug-likeness (QED) is 0.721. The van der Waals surface area contributed by atoms with Gasteiger partial charge >= 0.3 is 0 Å². The third-order valence-electron chi connectivity index (χ3n) is 1.73. The molecule has 0 unspecified atom stereocenters. The fourth-order valence-corrected chi connectivity index (χ4v) is 1.06. The Bertz CT molecular complexity index is 433. The molecule has 2 aromatic rings. The van der Waals surface area contributed by atoms with E-state index < -0.39 is 0 Å². The molecule has 3 heterocycles. The highest BCUT2D eigenvalue weighted by Crippen LogP contribution is 2.00. The monoisotopic (exact) mass is 214 g/mol. The summed E-state index contributed by atoms with van der Waals surface area (Å²) in [6, 6.07) is 3.73. The van der Waals surface area contributed by atoms with Gasteiger partial charge in [0.05, 0.1) is 0 Å². The number of nitrogens with zero attached hydrogens (tertiary/aromatic N) is 3. The van der Waals surface area contributed by atoms with Crippen molar-refractivity contribution in [3.8, 4) is 0 Å². The number of pyridine rings is 1. The van der Waals surface area contributed by atoms with Crippen LogP contribution in [0.1, 0.15) is 0 Å². The summed E-state index contributed by atoms with van der Waals surface area (Å²) in [6.45, 7) is 0. The maximum Gasteiger partial charge on any atom is 0.178 e. The van der Waals surface area contributed by atoms with Crippen LogP contribution in [0.4, 0.5) is 0 Å². The van der Waals surface area contributed by atoms with Crippen molar-refractivity contribution >= 4 is 11.2 Å². The summed E-state index contributed by atoms with van der Waals surface area (Å²) in [5.41, 5.74) is 4.05. The van der Waals surface area contributed by atoms with Gasteiger partial charge < -0.3 is 4.84 Å². The van der Waals surface area contributed by atoms with Gasteiger partial charge in [-0.15, -0.1) is 0 Å². The zero-order valence-electron chi connectivity index (χ0n) is 8.45. The van der Waals surface area contributed by atoms with Crippen LogP contribution in [0.25, 0.3) is 11.2 Å². The van der Waals surface area contributed by atoms with Crippen LogP contribution in [-0.2, 0) is 4.84 Å². The number of aromatic nitrogens is 3. The molecule has 16 heavy (non-hydrogen) atoms. The van der Waals surface area contributed by atoms with Crippen molar-refractivity contribution in [2.75, 3.05) is 0 Å². The molecule has 0 amide bonds. The van der Waals surface area contributed by atoms with Gasteiger partial charge in [-0.3, -0.25) is 4.98 Å². The van der Waals surface area contributed by atoms with E-state index in [1.807, 2.05) is 18.2 Å². The first kappa shape index (κ1) is 10.1. The van der Waals surface area contributed by atoms with Gasteiger partial charge in [-0.25, -0.2) is 15.4 Å². The minimum Gasteiger partial charge on any atom is -0.391 e. The summed E-state index contributed by atoms with van der Waals surface area (Å²) >= 11 is 0. The summed E-state index contributed by atoms with van der Waals surface area (Å²) in [5.74, 6) is 0. The summed E-state index contributed by atoms with van der Waals surface area (Å²) < 4.78 is 0. The van der Waals surface area contributed by atoms with E-state index >= 15 is 0 Å². The van der Waals surface area contributed by atoms with E-state index in [1.54, 1.807) is 37.1 Å². The normalized spacial score (nSPS) is 12.2. The molecule has 0 fully saturated rings. The van der Waals surface area contributed by atoms with Crippen molar-refractivity contribution in [3.63, 3.8) is 0 Å². The first-order chi connectivity index (χ1) is 7.97. The number of allylic oxidation sites excluding steroid dienone is 2. The zero-order chi connectivity index (χ0) is 11.1. The van der Waals surface area contributed by atoms with Gasteiger partial charge in [0.2, 0.25) is 0 Å². The van der Waals surface area contributed by atoms with Crippen LogP contribution in [-0.4, -0.2) is 15.0 Å². The Morgan fingerprint density at radius 2 is 1.88 bits per heavy atom. The Morgan fingerprint density at radius 1 is 1.00 bits per heavy atom. The summed E-state index contributed by atoms with van der Waals surface area (Å²) in [5, 5.41) is 0. The van der Waals surface area contributed by atoms with Crippen molar-refractivity contribution in [2.24, 2.45) is 0 Å². The molecular formula is C11H10N4O. The molecule has 0 aliphatic carbocycles. The highest BCUT2D eigenvalue weighted by Gasteiger charge is 1.89. The molecule has 0 bridgehead atoms. The van der Waals surface area contributed by atoms with E-state index in [1.165, 1.54) is 0 Å². The van der Waals surface area contributed by atoms with E-state index in [-0.39, 0.29) is 0 Å². The van der Waals surface area contributed by atoms with Crippen LogP contribution in [0.5, 0.6) is 0 Å². The molecule has 2 aromatic heterocycles. The summed E-state index contributed by atoms with van der Waals surface area (Å²) in [6.07, 6.45) is 11.9. The SMILES string of the molecule is C1=CNOC=C1.c1cnc2nccnc2c1. The second kappa shape index (κ2) is 5.45. The Morgan fingerprint density at radius 3 is 2.50 bits per heavy atom. The fraction of sp³-hybridized carbons (Fsp3) is 0. The molecule has 1 N–H and O–H groups in total. The van der Waals surface area contributed by atoms with E-state index in [0.29, 0.717) is 5.65 Å². The van der Waals surface area contributed by atoms with Crippen LogP contribution in [0.2, 0.25) is 0 Å². The van der Waals surface area contributed by atoms with Crippen molar-refractivity contribution in [1.29, 1.82) is 0 Å². The van der Waals surface area contributed by atoms with Crippen molar-refractivity contribution < 1.29 is 4.84 Å². The smallest absolute Gasteiger partial charge is 0.178 e. The Hall–Kier alpha value is -2.43. The van der Waals surface area contributed by atoms with Crippen LogP contribution in [0.3, 0.4) is 0 Å². The van der Waals surface area contributed by atoms with Crippen molar-refractivity contribution in [2.45, 2.75) is 0 Å². The molecule has 3 rings (SSSR count).